The van der Waals surface area contributed by atoms with E-state index in [1.54, 1.807) is 42.0 Å². The highest BCUT2D eigenvalue weighted by molar-refractivity contribution is 6.10. The number of rotatable bonds is 6. The van der Waals surface area contributed by atoms with Crippen LogP contribution in [0.4, 0.5) is 5.82 Å². The Morgan fingerprint density at radius 3 is 2.56 bits per heavy atom. The lowest BCUT2D eigenvalue weighted by Gasteiger charge is -2.06. The second-order valence-electron chi connectivity index (χ2n) is 7.54. The number of amides is 2. The van der Waals surface area contributed by atoms with Crippen molar-refractivity contribution >= 4 is 23.4 Å². The number of nitrogens with one attached hydrogen (secondary N) is 2. The maximum atomic E-state index is 13.0. The highest BCUT2D eigenvalue weighted by Crippen LogP contribution is 2.19. The van der Waals surface area contributed by atoms with Gasteiger partial charge in [-0.1, -0.05) is 36.4 Å². The Morgan fingerprint density at radius 1 is 0.941 bits per heavy atom. The monoisotopic (exact) mass is 452 g/mol. The van der Waals surface area contributed by atoms with E-state index in [0.717, 1.165) is 11.3 Å². The number of imidazole rings is 1. The van der Waals surface area contributed by atoms with Crippen LogP contribution in [0.5, 0.6) is 0 Å². The molecule has 34 heavy (non-hydrogen) atoms. The molecule has 0 saturated carbocycles. The van der Waals surface area contributed by atoms with Crippen molar-refractivity contribution in [3.8, 4) is 11.3 Å². The van der Waals surface area contributed by atoms with Crippen LogP contribution in [-0.2, 0) is 13.6 Å². The molecule has 0 radical (unpaired) electrons. The van der Waals surface area contributed by atoms with Gasteiger partial charge in [0.05, 0.1) is 23.5 Å². The lowest BCUT2D eigenvalue weighted by atomic mass is 10.2. The first kappa shape index (κ1) is 21.0. The second-order valence-corrected chi connectivity index (χ2v) is 7.54. The molecule has 10 heteroatoms. The van der Waals surface area contributed by atoms with Gasteiger partial charge in [0.1, 0.15) is 5.82 Å². The second kappa shape index (κ2) is 8.94. The summed E-state index contributed by atoms with van der Waals surface area (Å²) < 4.78 is 3.19. The third kappa shape index (κ3) is 4.37. The maximum absolute atomic E-state index is 13.0. The van der Waals surface area contributed by atoms with Gasteiger partial charge in [-0.15, -0.1) is 0 Å². The van der Waals surface area contributed by atoms with Gasteiger partial charge >= 0.3 is 0 Å². The third-order valence-corrected chi connectivity index (χ3v) is 5.08. The Balaban J connectivity index is 1.33. The molecule has 10 nitrogen and oxygen atoms in total. The zero-order valence-electron chi connectivity index (χ0n) is 18.2. The summed E-state index contributed by atoms with van der Waals surface area (Å²) in [5.74, 6) is -0.217. The lowest BCUT2D eigenvalue weighted by Crippen LogP contribution is -2.26. The molecular formula is C24H20N8O2. The van der Waals surface area contributed by atoms with Crippen LogP contribution in [0.25, 0.3) is 17.0 Å². The number of hydrogen-bond acceptors (Lipinski definition) is 6. The summed E-state index contributed by atoms with van der Waals surface area (Å²) in [6.07, 6.45) is 6.77. The number of pyridine rings is 1. The number of nitrogens with zero attached hydrogens (tertiary/aromatic N) is 6. The first-order chi connectivity index (χ1) is 16.6. The van der Waals surface area contributed by atoms with E-state index < -0.39 is 11.8 Å². The van der Waals surface area contributed by atoms with Gasteiger partial charge in [-0.05, 0) is 18.2 Å². The molecular weight excluding hydrogens is 432 g/mol. The van der Waals surface area contributed by atoms with Crippen molar-refractivity contribution in [1.82, 2.24) is 34.4 Å². The van der Waals surface area contributed by atoms with Crippen LogP contribution in [-0.4, -0.2) is 40.9 Å². The van der Waals surface area contributed by atoms with E-state index in [1.807, 2.05) is 42.6 Å². The molecule has 0 bridgehead atoms. The summed E-state index contributed by atoms with van der Waals surface area (Å²) in [6, 6.07) is 16.8. The smallest absolute Gasteiger partial charge is 0.272 e. The predicted octanol–water partition coefficient (Wildman–Crippen LogP) is 2.71. The van der Waals surface area contributed by atoms with Gasteiger partial charge in [-0.3, -0.25) is 23.7 Å². The van der Waals surface area contributed by atoms with Crippen molar-refractivity contribution < 1.29 is 9.59 Å². The number of anilines is 1. The first-order valence-corrected chi connectivity index (χ1v) is 10.5. The van der Waals surface area contributed by atoms with E-state index in [1.165, 1.54) is 10.9 Å². The highest BCUT2D eigenvalue weighted by Gasteiger charge is 2.22. The normalized spacial score (nSPS) is 10.9. The lowest BCUT2D eigenvalue weighted by molar-refractivity contribution is 0.0932. The molecule has 0 atom stereocenters. The minimum absolute atomic E-state index is 0.0178. The fourth-order valence-corrected chi connectivity index (χ4v) is 3.45. The van der Waals surface area contributed by atoms with Crippen molar-refractivity contribution in [3.63, 3.8) is 0 Å². The average molecular weight is 452 g/mol. The van der Waals surface area contributed by atoms with E-state index in [9.17, 15) is 9.59 Å². The van der Waals surface area contributed by atoms with Gasteiger partial charge in [0.2, 0.25) is 5.78 Å². The molecule has 0 aliphatic heterocycles. The zero-order valence-corrected chi connectivity index (χ0v) is 18.2. The fraction of sp³-hybridized carbons (Fsp3) is 0.0833. The Morgan fingerprint density at radius 2 is 1.76 bits per heavy atom. The molecule has 2 N–H and O–H groups in total. The number of hydrogen-bond donors (Lipinski definition) is 2. The average Bonchev–Trinajstić information content (AvgIpc) is 3.47. The van der Waals surface area contributed by atoms with E-state index in [2.05, 4.69) is 30.7 Å². The Hall–Kier alpha value is -4.86. The van der Waals surface area contributed by atoms with Crippen molar-refractivity contribution in [3.05, 3.63) is 96.3 Å². The largest absolute Gasteiger partial charge is 0.345 e. The van der Waals surface area contributed by atoms with Crippen molar-refractivity contribution in [2.45, 2.75) is 6.54 Å². The summed E-state index contributed by atoms with van der Waals surface area (Å²) in [4.78, 5) is 38.8. The maximum Gasteiger partial charge on any atom is 0.272 e. The quantitative estimate of drug-likeness (QED) is 0.409. The van der Waals surface area contributed by atoms with Gasteiger partial charge in [-0.2, -0.15) is 10.1 Å². The molecule has 0 spiro atoms. The van der Waals surface area contributed by atoms with Crippen LogP contribution in [0.2, 0.25) is 0 Å². The van der Waals surface area contributed by atoms with Gasteiger partial charge in [-0.25, -0.2) is 4.98 Å². The zero-order chi connectivity index (χ0) is 23.5. The SMILES string of the molecule is Cn1cc(C(=O)Nc2ccn3cc(-c4ccccc4)nc3n2)c(C(=O)NCc2ccccn2)n1. The van der Waals surface area contributed by atoms with Crippen LogP contribution in [0.1, 0.15) is 26.5 Å². The van der Waals surface area contributed by atoms with Crippen LogP contribution >= 0.6 is 0 Å². The molecule has 0 aliphatic carbocycles. The molecule has 0 fully saturated rings. The van der Waals surface area contributed by atoms with Gasteiger partial charge < -0.3 is 10.6 Å². The van der Waals surface area contributed by atoms with Crippen molar-refractivity contribution in [2.75, 3.05) is 5.32 Å². The molecule has 168 valence electrons. The molecule has 0 saturated heterocycles. The van der Waals surface area contributed by atoms with E-state index >= 15 is 0 Å². The van der Waals surface area contributed by atoms with Gasteiger partial charge in [0.15, 0.2) is 5.69 Å². The Labute approximate surface area is 194 Å². The van der Waals surface area contributed by atoms with Crippen LogP contribution in [0, 0.1) is 0 Å². The van der Waals surface area contributed by atoms with E-state index in [0.29, 0.717) is 17.3 Å². The molecule has 4 heterocycles. The minimum Gasteiger partial charge on any atom is -0.345 e. The molecule has 5 rings (SSSR count). The molecule has 0 unspecified atom stereocenters. The van der Waals surface area contributed by atoms with Crippen molar-refractivity contribution in [2.24, 2.45) is 7.05 Å². The molecule has 1 aromatic carbocycles. The summed E-state index contributed by atoms with van der Waals surface area (Å²) in [6.45, 7) is 0.221. The Kier molecular flexibility index (Phi) is 5.53. The number of carbonyl (C=O) groups is 2. The molecule has 0 aliphatic rings. The third-order valence-electron chi connectivity index (χ3n) is 5.08. The topological polar surface area (TPSA) is 119 Å². The van der Waals surface area contributed by atoms with Crippen molar-refractivity contribution in [1.29, 1.82) is 0 Å². The van der Waals surface area contributed by atoms with Crippen LogP contribution < -0.4 is 10.6 Å². The number of carbonyl (C=O) groups excluding carboxylic acids is 2. The summed E-state index contributed by atoms with van der Waals surface area (Å²) in [5, 5.41) is 9.64. The number of fused-ring (bicyclic) bond motifs is 1. The summed E-state index contributed by atoms with van der Waals surface area (Å²) in [5.41, 5.74) is 2.59. The number of aromatic nitrogens is 6. The molecule has 5 aromatic rings. The van der Waals surface area contributed by atoms with E-state index in [-0.39, 0.29) is 17.8 Å². The van der Waals surface area contributed by atoms with Gasteiger partial charge in [0, 0.05) is 37.4 Å². The summed E-state index contributed by atoms with van der Waals surface area (Å²) in [7, 11) is 1.65. The van der Waals surface area contributed by atoms with E-state index in [4.69, 9.17) is 0 Å². The Bertz CT molecular complexity index is 1480. The van der Waals surface area contributed by atoms with Gasteiger partial charge in [0.25, 0.3) is 11.8 Å². The summed E-state index contributed by atoms with van der Waals surface area (Å²) >= 11 is 0. The van der Waals surface area contributed by atoms with Crippen LogP contribution in [0.15, 0.2) is 79.4 Å². The fourth-order valence-electron chi connectivity index (χ4n) is 3.45. The highest BCUT2D eigenvalue weighted by atomic mass is 16.2. The standard InChI is InChI=1S/C24H20N8O2/c1-31-14-18(21(30-31)23(34)26-13-17-9-5-6-11-25-17)22(33)28-20-10-12-32-15-19(27-24(32)29-20)16-7-3-2-4-8-16/h2-12,14-15H,13H2,1H3,(H,26,34)(H,27,28,29,33). The number of benzene rings is 1. The molecule has 2 amide bonds. The first-order valence-electron chi connectivity index (χ1n) is 10.5. The minimum atomic E-state index is -0.497. The van der Waals surface area contributed by atoms with Crippen LogP contribution in [0.3, 0.4) is 0 Å². The molecule has 4 aromatic heterocycles. The number of aryl methyl sites for hydroxylation is 1. The predicted molar refractivity (Wildman–Crippen MR) is 125 cm³/mol.